The molecule has 0 saturated carbocycles. The van der Waals surface area contributed by atoms with Gasteiger partial charge in [0.15, 0.2) is 0 Å². The molecular formula is C13H20N2. The first-order chi connectivity index (χ1) is 7.16. The summed E-state index contributed by atoms with van der Waals surface area (Å²) in [6.45, 7) is 7.64. The molecule has 0 bridgehead atoms. The summed E-state index contributed by atoms with van der Waals surface area (Å²) >= 11 is 0. The van der Waals surface area contributed by atoms with Crippen LogP contribution in [0.25, 0.3) is 0 Å². The van der Waals surface area contributed by atoms with Crippen LogP contribution in [0.3, 0.4) is 0 Å². The van der Waals surface area contributed by atoms with E-state index < -0.39 is 0 Å². The molecular weight excluding hydrogens is 184 g/mol. The van der Waals surface area contributed by atoms with Crippen LogP contribution >= 0.6 is 0 Å². The first-order valence-corrected chi connectivity index (χ1v) is 5.70. The number of nitrogens with zero attached hydrogens (tertiary/aromatic N) is 1. The van der Waals surface area contributed by atoms with Crippen LogP contribution in [-0.2, 0) is 6.54 Å². The van der Waals surface area contributed by atoms with Crippen molar-refractivity contribution in [3.05, 3.63) is 34.9 Å². The Morgan fingerprint density at radius 2 is 2.20 bits per heavy atom. The average Bonchev–Trinajstić information content (AvgIpc) is 2.59. The van der Waals surface area contributed by atoms with Crippen molar-refractivity contribution in [2.24, 2.45) is 5.73 Å². The minimum Gasteiger partial charge on any atom is -0.326 e. The molecule has 0 radical (unpaired) electrons. The number of rotatable bonds is 2. The van der Waals surface area contributed by atoms with Crippen molar-refractivity contribution in [3.63, 3.8) is 0 Å². The van der Waals surface area contributed by atoms with Crippen molar-refractivity contribution >= 4 is 0 Å². The van der Waals surface area contributed by atoms with Crippen LogP contribution in [0.2, 0.25) is 0 Å². The summed E-state index contributed by atoms with van der Waals surface area (Å²) < 4.78 is 0. The van der Waals surface area contributed by atoms with Gasteiger partial charge in [-0.05, 0) is 37.0 Å². The Bertz CT molecular complexity index is 346. The van der Waals surface area contributed by atoms with Crippen molar-refractivity contribution < 1.29 is 0 Å². The second-order valence-corrected chi connectivity index (χ2v) is 4.64. The minimum absolute atomic E-state index is 0.384. The van der Waals surface area contributed by atoms with Crippen molar-refractivity contribution in [2.75, 3.05) is 13.1 Å². The third kappa shape index (κ3) is 2.39. The van der Waals surface area contributed by atoms with Crippen LogP contribution in [0.5, 0.6) is 0 Å². The van der Waals surface area contributed by atoms with Gasteiger partial charge < -0.3 is 5.73 Å². The Hall–Kier alpha value is -0.860. The Kier molecular flexibility index (Phi) is 3.08. The maximum atomic E-state index is 5.91. The van der Waals surface area contributed by atoms with Crippen LogP contribution < -0.4 is 5.73 Å². The summed E-state index contributed by atoms with van der Waals surface area (Å²) in [7, 11) is 0. The van der Waals surface area contributed by atoms with Crippen molar-refractivity contribution in [1.29, 1.82) is 0 Å². The van der Waals surface area contributed by atoms with E-state index in [1.54, 1.807) is 0 Å². The summed E-state index contributed by atoms with van der Waals surface area (Å²) in [4.78, 5) is 2.45. The van der Waals surface area contributed by atoms with Crippen LogP contribution in [0.15, 0.2) is 18.2 Å². The summed E-state index contributed by atoms with van der Waals surface area (Å²) in [5.41, 5.74) is 10.2. The van der Waals surface area contributed by atoms with Gasteiger partial charge in [0.05, 0.1) is 0 Å². The zero-order valence-corrected chi connectivity index (χ0v) is 9.66. The molecule has 1 fully saturated rings. The molecule has 1 unspecified atom stereocenters. The van der Waals surface area contributed by atoms with E-state index >= 15 is 0 Å². The lowest BCUT2D eigenvalue weighted by molar-refractivity contribution is 0.326. The first-order valence-electron chi connectivity index (χ1n) is 5.70. The highest BCUT2D eigenvalue weighted by molar-refractivity contribution is 5.33. The molecule has 2 nitrogen and oxygen atoms in total. The van der Waals surface area contributed by atoms with E-state index in [4.69, 9.17) is 5.73 Å². The Morgan fingerprint density at radius 3 is 2.87 bits per heavy atom. The molecule has 2 N–H and O–H groups in total. The summed E-state index contributed by atoms with van der Waals surface area (Å²) in [6, 6.07) is 6.93. The molecule has 0 spiro atoms. The molecule has 1 saturated heterocycles. The molecule has 2 rings (SSSR count). The van der Waals surface area contributed by atoms with Gasteiger partial charge in [-0.25, -0.2) is 0 Å². The number of hydrogen-bond donors (Lipinski definition) is 1. The minimum atomic E-state index is 0.384. The number of likely N-dealkylation sites (tertiary alicyclic amines) is 1. The number of aryl methyl sites for hydroxylation is 1. The maximum absolute atomic E-state index is 5.91. The van der Waals surface area contributed by atoms with Crippen LogP contribution in [-0.4, -0.2) is 24.0 Å². The summed E-state index contributed by atoms with van der Waals surface area (Å²) in [6.07, 6.45) is 1.14. The Morgan fingerprint density at radius 1 is 1.40 bits per heavy atom. The highest BCUT2D eigenvalue weighted by atomic mass is 15.2. The first kappa shape index (κ1) is 10.7. The third-order valence-electron chi connectivity index (χ3n) is 3.42. The van der Waals surface area contributed by atoms with Crippen LogP contribution in [0, 0.1) is 13.8 Å². The second kappa shape index (κ2) is 4.33. The third-order valence-corrected chi connectivity index (χ3v) is 3.42. The Balaban J connectivity index is 2.07. The lowest BCUT2D eigenvalue weighted by atomic mass is 10.0. The van der Waals surface area contributed by atoms with Gasteiger partial charge in [0.1, 0.15) is 0 Å². The van der Waals surface area contributed by atoms with E-state index in [-0.39, 0.29) is 0 Å². The van der Waals surface area contributed by atoms with Gasteiger partial charge in [-0.3, -0.25) is 4.90 Å². The van der Waals surface area contributed by atoms with Gasteiger partial charge in [0.25, 0.3) is 0 Å². The molecule has 0 aromatic heterocycles. The van der Waals surface area contributed by atoms with Gasteiger partial charge in [0, 0.05) is 25.7 Å². The molecule has 1 aliphatic rings. The molecule has 15 heavy (non-hydrogen) atoms. The lowest BCUT2D eigenvalue weighted by Gasteiger charge is -2.17. The molecule has 2 heteroatoms. The fourth-order valence-corrected chi connectivity index (χ4v) is 2.23. The standard InChI is InChI=1S/C13H20N2/c1-10-4-3-5-12(11(10)2)8-15-7-6-13(14)9-15/h3-5,13H,6-9,14H2,1-2H3. The van der Waals surface area contributed by atoms with Gasteiger partial charge in [-0.2, -0.15) is 0 Å². The highest BCUT2D eigenvalue weighted by Gasteiger charge is 2.19. The largest absolute Gasteiger partial charge is 0.326 e. The van der Waals surface area contributed by atoms with E-state index in [1.165, 1.54) is 16.7 Å². The topological polar surface area (TPSA) is 29.3 Å². The van der Waals surface area contributed by atoms with E-state index in [0.29, 0.717) is 6.04 Å². The quantitative estimate of drug-likeness (QED) is 0.796. The molecule has 1 aromatic rings. The summed E-state index contributed by atoms with van der Waals surface area (Å²) in [5, 5.41) is 0. The van der Waals surface area contributed by atoms with E-state index in [9.17, 15) is 0 Å². The van der Waals surface area contributed by atoms with E-state index in [1.807, 2.05) is 0 Å². The maximum Gasteiger partial charge on any atom is 0.0237 e. The van der Waals surface area contributed by atoms with E-state index in [0.717, 1.165) is 26.1 Å². The normalized spacial score (nSPS) is 22.2. The monoisotopic (exact) mass is 204 g/mol. The lowest BCUT2D eigenvalue weighted by Crippen LogP contribution is -2.26. The Labute approximate surface area is 92.1 Å². The molecule has 1 atom stereocenters. The molecule has 1 aliphatic heterocycles. The second-order valence-electron chi connectivity index (χ2n) is 4.64. The summed E-state index contributed by atoms with van der Waals surface area (Å²) in [5.74, 6) is 0. The van der Waals surface area contributed by atoms with Gasteiger partial charge in [-0.1, -0.05) is 18.2 Å². The zero-order chi connectivity index (χ0) is 10.8. The zero-order valence-electron chi connectivity index (χ0n) is 9.66. The highest BCUT2D eigenvalue weighted by Crippen LogP contribution is 2.17. The number of hydrogen-bond acceptors (Lipinski definition) is 2. The van der Waals surface area contributed by atoms with Crippen molar-refractivity contribution in [1.82, 2.24) is 4.90 Å². The van der Waals surface area contributed by atoms with Gasteiger partial charge >= 0.3 is 0 Å². The van der Waals surface area contributed by atoms with Gasteiger partial charge in [-0.15, -0.1) is 0 Å². The van der Waals surface area contributed by atoms with Crippen LogP contribution in [0.4, 0.5) is 0 Å². The van der Waals surface area contributed by atoms with Crippen LogP contribution in [0.1, 0.15) is 23.1 Å². The smallest absolute Gasteiger partial charge is 0.0237 e. The average molecular weight is 204 g/mol. The molecule has 1 heterocycles. The number of nitrogens with two attached hydrogens (primary N) is 1. The van der Waals surface area contributed by atoms with Crippen molar-refractivity contribution in [2.45, 2.75) is 32.9 Å². The molecule has 1 aromatic carbocycles. The molecule has 82 valence electrons. The van der Waals surface area contributed by atoms with E-state index in [2.05, 4.69) is 36.9 Å². The predicted octanol–water partition coefficient (Wildman–Crippen LogP) is 1.84. The fourth-order valence-electron chi connectivity index (χ4n) is 2.23. The fraction of sp³-hybridized carbons (Fsp3) is 0.538. The molecule has 0 amide bonds. The number of benzene rings is 1. The molecule has 0 aliphatic carbocycles. The van der Waals surface area contributed by atoms with Gasteiger partial charge in [0.2, 0.25) is 0 Å². The van der Waals surface area contributed by atoms with Crippen molar-refractivity contribution in [3.8, 4) is 0 Å². The predicted molar refractivity (Wildman–Crippen MR) is 63.8 cm³/mol. The SMILES string of the molecule is Cc1cccc(CN2CCC(N)C2)c1C.